The van der Waals surface area contributed by atoms with Gasteiger partial charge in [0.25, 0.3) is 0 Å². The highest BCUT2D eigenvalue weighted by Gasteiger charge is 2.27. The third kappa shape index (κ3) is 3.17. The molecule has 0 amide bonds. The molecule has 0 saturated carbocycles. The lowest BCUT2D eigenvalue weighted by Gasteiger charge is -2.22. The van der Waals surface area contributed by atoms with Crippen LogP contribution in [-0.2, 0) is 22.5 Å². The molecule has 1 rings (SSSR count). The highest BCUT2D eigenvalue weighted by atomic mass is 16.5. The van der Waals surface area contributed by atoms with Gasteiger partial charge in [-0.1, -0.05) is 0 Å². The Morgan fingerprint density at radius 1 is 1.50 bits per heavy atom. The van der Waals surface area contributed by atoms with E-state index < -0.39 is 5.60 Å². The van der Waals surface area contributed by atoms with Gasteiger partial charge in [0.05, 0.1) is 6.20 Å². The van der Waals surface area contributed by atoms with E-state index in [9.17, 15) is 4.79 Å². The second-order valence-electron chi connectivity index (χ2n) is 4.25. The van der Waals surface area contributed by atoms with Crippen LogP contribution in [0.2, 0.25) is 0 Å². The van der Waals surface area contributed by atoms with Crippen molar-refractivity contribution in [2.45, 2.75) is 46.3 Å². The number of carbonyl (C=O) groups excluding carboxylic acids is 1. The van der Waals surface area contributed by atoms with Crippen LogP contribution in [0.1, 0.15) is 33.3 Å². The fourth-order valence-corrected chi connectivity index (χ4v) is 1.51. The Hall–Kier alpha value is -1.16. The van der Waals surface area contributed by atoms with E-state index in [1.165, 1.54) is 0 Å². The molecule has 90 valence electrons. The summed E-state index contributed by atoms with van der Waals surface area (Å²) in [7, 11) is 0. The van der Waals surface area contributed by atoms with E-state index in [0.29, 0.717) is 13.0 Å². The fourth-order valence-electron chi connectivity index (χ4n) is 1.51. The molecule has 0 aliphatic heterocycles. The SMILES string of the molecule is CCOC(C)(C)C(=O)Cc1cnn(CC)c1. The van der Waals surface area contributed by atoms with Gasteiger partial charge in [-0.3, -0.25) is 9.48 Å². The highest BCUT2D eigenvalue weighted by Crippen LogP contribution is 2.14. The van der Waals surface area contributed by atoms with Crippen molar-refractivity contribution in [3.05, 3.63) is 18.0 Å². The Balaban J connectivity index is 2.63. The monoisotopic (exact) mass is 224 g/mol. The summed E-state index contributed by atoms with van der Waals surface area (Å²) in [6, 6.07) is 0. The summed E-state index contributed by atoms with van der Waals surface area (Å²) in [5.41, 5.74) is 0.239. The summed E-state index contributed by atoms with van der Waals surface area (Å²) in [5, 5.41) is 4.14. The number of hydrogen-bond donors (Lipinski definition) is 0. The van der Waals surface area contributed by atoms with E-state index in [0.717, 1.165) is 12.1 Å². The average molecular weight is 224 g/mol. The molecule has 0 spiro atoms. The lowest BCUT2D eigenvalue weighted by atomic mass is 9.98. The lowest BCUT2D eigenvalue weighted by molar-refractivity contribution is -0.139. The Labute approximate surface area is 96.6 Å². The molecule has 0 unspecified atom stereocenters. The van der Waals surface area contributed by atoms with Crippen molar-refractivity contribution in [2.75, 3.05) is 6.61 Å². The molecule has 1 heterocycles. The first-order valence-corrected chi connectivity index (χ1v) is 5.68. The van der Waals surface area contributed by atoms with Crippen molar-refractivity contribution in [3.63, 3.8) is 0 Å². The quantitative estimate of drug-likeness (QED) is 0.740. The predicted molar refractivity (Wildman–Crippen MR) is 62.3 cm³/mol. The molecule has 0 N–H and O–H groups in total. The number of carbonyl (C=O) groups is 1. The van der Waals surface area contributed by atoms with Gasteiger partial charge in [-0.25, -0.2) is 0 Å². The zero-order chi connectivity index (χ0) is 12.2. The number of aryl methyl sites for hydroxylation is 1. The van der Waals surface area contributed by atoms with Crippen LogP contribution in [0.25, 0.3) is 0 Å². The van der Waals surface area contributed by atoms with Gasteiger partial charge in [0, 0.05) is 25.8 Å². The minimum absolute atomic E-state index is 0.0880. The van der Waals surface area contributed by atoms with Crippen molar-refractivity contribution in [1.29, 1.82) is 0 Å². The molecule has 0 fully saturated rings. The van der Waals surface area contributed by atoms with Crippen LogP contribution >= 0.6 is 0 Å². The summed E-state index contributed by atoms with van der Waals surface area (Å²) in [5.74, 6) is 0.0880. The largest absolute Gasteiger partial charge is 0.368 e. The standard InChI is InChI=1S/C12H20N2O2/c1-5-14-9-10(8-13-14)7-11(15)12(3,4)16-6-2/h8-9H,5-7H2,1-4H3. The van der Waals surface area contributed by atoms with Gasteiger partial charge in [-0.05, 0) is 33.3 Å². The van der Waals surface area contributed by atoms with Crippen LogP contribution in [0.15, 0.2) is 12.4 Å². The van der Waals surface area contributed by atoms with Crippen molar-refractivity contribution >= 4 is 5.78 Å². The zero-order valence-electron chi connectivity index (χ0n) is 10.5. The highest BCUT2D eigenvalue weighted by molar-refractivity contribution is 5.88. The predicted octanol–water partition coefficient (Wildman–Crippen LogP) is 1.83. The van der Waals surface area contributed by atoms with E-state index >= 15 is 0 Å². The van der Waals surface area contributed by atoms with Gasteiger partial charge in [0.15, 0.2) is 5.78 Å². The fraction of sp³-hybridized carbons (Fsp3) is 0.667. The van der Waals surface area contributed by atoms with E-state index in [1.807, 2.05) is 38.6 Å². The van der Waals surface area contributed by atoms with Gasteiger partial charge in [0.2, 0.25) is 0 Å². The molecule has 0 aliphatic carbocycles. The molecular weight excluding hydrogens is 204 g/mol. The zero-order valence-corrected chi connectivity index (χ0v) is 10.5. The minimum Gasteiger partial charge on any atom is -0.368 e. The number of nitrogens with zero attached hydrogens (tertiary/aromatic N) is 2. The number of rotatable bonds is 6. The van der Waals surface area contributed by atoms with Gasteiger partial charge in [-0.2, -0.15) is 5.10 Å². The van der Waals surface area contributed by atoms with Crippen molar-refractivity contribution < 1.29 is 9.53 Å². The first-order valence-electron chi connectivity index (χ1n) is 5.68. The van der Waals surface area contributed by atoms with Crippen molar-refractivity contribution in [1.82, 2.24) is 9.78 Å². The number of aromatic nitrogens is 2. The van der Waals surface area contributed by atoms with E-state index in [1.54, 1.807) is 6.20 Å². The Morgan fingerprint density at radius 3 is 2.69 bits per heavy atom. The third-order valence-electron chi connectivity index (χ3n) is 2.55. The van der Waals surface area contributed by atoms with Gasteiger partial charge in [0.1, 0.15) is 5.60 Å². The summed E-state index contributed by atoms with van der Waals surface area (Å²) < 4.78 is 7.24. The molecule has 16 heavy (non-hydrogen) atoms. The van der Waals surface area contributed by atoms with Crippen molar-refractivity contribution in [3.8, 4) is 0 Å². The van der Waals surface area contributed by atoms with E-state index in [-0.39, 0.29) is 5.78 Å². The van der Waals surface area contributed by atoms with Crippen LogP contribution in [0.5, 0.6) is 0 Å². The Morgan fingerprint density at radius 2 is 2.19 bits per heavy atom. The number of ketones is 1. The Kier molecular flexibility index (Phi) is 4.24. The first-order chi connectivity index (χ1) is 7.49. The maximum atomic E-state index is 12.0. The molecule has 0 atom stereocenters. The van der Waals surface area contributed by atoms with Crippen molar-refractivity contribution in [2.24, 2.45) is 0 Å². The molecule has 0 bridgehead atoms. The minimum atomic E-state index is -0.705. The molecular formula is C12H20N2O2. The second-order valence-corrected chi connectivity index (χ2v) is 4.25. The molecule has 0 saturated heterocycles. The summed E-state index contributed by atoms with van der Waals surface area (Å²) in [4.78, 5) is 12.0. The molecule has 1 aromatic heterocycles. The second kappa shape index (κ2) is 5.25. The van der Waals surface area contributed by atoms with Crippen LogP contribution < -0.4 is 0 Å². The van der Waals surface area contributed by atoms with Gasteiger partial charge < -0.3 is 4.74 Å². The van der Waals surface area contributed by atoms with Gasteiger partial charge in [-0.15, -0.1) is 0 Å². The van der Waals surface area contributed by atoms with E-state index in [4.69, 9.17) is 4.74 Å². The van der Waals surface area contributed by atoms with Crippen LogP contribution in [0.4, 0.5) is 0 Å². The maximum absolute atomic E-state index is 12.0. The van der Waals surface area contributed by atoms with Gasteiger partial charge >= 0.3 is 0 Å². The van der Waals surface area contributed by atoms with Crippen LogP contribution in [-0.4, -0.2) is 27.8 Å². The molecule has 0 radical (unpaired) electrons. The molecule has 4 nitrogen and oxygen atoms in total. The Bertz CT molecular complexity index is 356. The lowest BCUT2D eigenvalue weighted by Crippen LogP contribution is -2.36. The average Bonchev–Trinajstić information content (AvgIpc) is 2.65. The van der Waals surface area contributed by atoms with Crippen LogP contribution in [0.3, 0.4) is 0 Å². The van der Waals surface area contributed by atoms with E-state index in [2.05, 4.69) is 5.10 Å². The molecule has 1 aromatic rings. The first kappa shape index (κ1) is 12.9. The maximum Gasteiger partial charge on any atom is 0.168 e. The molecule has 0 aromatic carbocycles. The topological polar surface area (TPSA) is 44.1 Å². The summed E-state index contributed by atoms with van der Waals surface area (Å²) in [6.07, 6.45) is 4.02. The normalized spacial score (nSPS) is 11.8. The number of Topliss-reactive ketones (excluding diaryl/α,β-unsaturated/α-hetero) is 1. The third-order valence-corrected chi connectivity index (χ3v) is 2.55. The summed E-state index contributed by atoms with van der Waals surface area (Å²) in [6.45, 7) is 8.90. The van der Waals surface area contributed by atoms with Crippen LogP contribution in [0, 0.1) is 0 Å². The number of ether oxygens (including phenoxy) is 1. The smallest absolute Gasteiger partial charge is 0.168 e. The molecule has 0 aliphatic rings. The molecule has 4 heteroatoms. The number of hydrogen-bond acceptors (Lipinski definition) is 3. The summed E-state index contributed by atoms with van der Waals surface area (Å²) >= 11 is 0.